The standard InChI is InChI=1S/C18H14BrNO/c1-2-10-21-18-9-8-14(12-17(18)19)11-16(13-20)15-6-4-3-5-7-15/h2-9,11-12H,1,10H2. The number of hydrogen-bond donors (Lipinski definition) is 0. The molecule has 2 rings (SSSR count). The summed E-state index contributed by atoms with van der Waals surface area (Å²) in [5.41, 5.74) is 2.47. The highest BCUT2D eigenvalue weighted by Crippen LogP contribution is 2.28. The summed E-state index contributed by atoms with van der Waals surface area (Å²) in [5.74, 6) is 0.755. The van der Waals surface area contributed by atoms with E-state index in [9.17, 15) is 5.26 Å². The van der Waals surface area contributed by atoms with Crippen LogP contribution in [-0.4, -0.2) is 6.61 Å². The molecule has 0 bridgehead atoms. The van der Waals surface area contributed by atoms with E-state index < -0.39 is 0 Å². The molecule has 0 radical (unpaired) electrons. The van der Waals surface area contributed by atoms with Gasteiger partial charge in [0.1, 0.15) is 12.4 Å². The van der Waals surface area contributed by atoms with Crippen LogP contribution in [0.5, 0.6) is 5.75 Å². The Kier molecular flexibility index (Phi) is 5.36. The second kappa shape index (κ2) is 7.47. The minimum Gasteiger partial charge on any atom is -0.488 e. The Morgan fingerprint density at radius 3 is 2.62 bits per heavy atom. The van der Waals surface area contributed by atoms with E-state index in [2.05, 4.69) is 28.6 Å². The average molecular weight is 340 g/mol. The van der Waals surface area contributed by atoms with Gasteiger partial charge in [-0.3, -0.25) is 0 Å². The summed E-state index contributed by atoms with van der Waals surface area (Å²) in [4.78, 5) is 0. The monoisotopic (exact) mass is 339 g/mol. The molecule has 0 atom stereocenters. The lowest BCUT2D eigenvalue weighted by Gasteiger charge is -2.07. The summed E-state index contributed by atoms with van der Waals surface area (Å²) in [6.45, 7) is 4.08. The van der Waals surface area contributed by atoms with Crippen LogP contribution in [0.1, 0.15) is 11.1 Å². The van der Waals surface area contributed by atoms with Gasteiger partial charge in [0.15, 0.2) is 0 Å². The van der Waals surface area contributed by atoms with Gasteiger partial charge < -0.3 is 4.74 Å². The average Bonchev–Trinajstić information content (AvgIpc) is 2.52. The largest absolute Gasteiger partial charge is 0.488 e. The number of rotatable bonds is 5. The van der Waals surface area contributed by atoms with Crippen molar-refractivity contribution in [2.75, 3.05) is 6.61 Å². The zero-order valence-electron chi connectivity index (χ0n) is 11.4. The lowest BCUT2D eigenvalue weighted by Crippen LogP contribution is -1.93. The molecule has 0 spiro atoms. The summed E-state index contributed by atoms with van der Waals surface area (Å²) >= 11 is 3.47. The number of allylic oxidation sites excluding steroid dienone is 1. The summed E-state index contributed by atoms with van der Waals surface area (Å²) < 4.78 is 6.36. The van der Waals surface area contributed by atoms with Crippen molar-refractivity contribution >= 4 is 27.6 Å². The van der Waals surface area contributed by atoms with Gasteiger partial charge in [0.2, 0.25) is 0 Å². The first-order chi connectivity index (χ1) is 10.2. The molecule has 3 heteroatoms. The number of halogens is 1. The van der Waals surface area contributed by atoms with Crippen LogP contribution in [0.2, 0.25) is 0 Å². The highest BCUT2D eigenvalue weighted by Gasteiger charge is 2.04. The first kappa shape index (κ1) is 15.1. The van der Waals surface area contributed by atoms with E-state index in [1.54, 1.807) is 6.08 Å². The molecule has 0 unspecified atom stereocenters. The van der Waals surface area contributed by atoms with Crippen molar-refractivity contribution in [2.45, 2.75) is 0 Å². The Balaban J connectivity index is 2.30. The van der Waals surface area contributed by atoms with E-state index in [0.717, 1.165) is 21.3 Å². The third kappa shape index (κ3) is 4.08. The molecular formula is C18H14BrNO. The molecule has 2 aromatic carbocycles. The molecule has 0 N–H and O–H groups in total. The van der Waals surface area contributed by atoms with Crippen molar-refractivity contribution in [1.29, 1.82) is 5.26 Å². The highest BCUT2D eigenvalue weighted by molar-refractivity contribution is 9.10. The van der Waals surface area contributed by atoms with Crippen molar-refractivity contribution < 1.29 is 4.74 Å². The van der Waals surface area contributed by atoms with E-state index in [0.29, 0.717) is 12.2 Å². The minimum absolute atomic E-state index is 0.460. The van der Waals surface area contributed by atoms with Crippen LogP contribution >= 0.6 is 15.9 Å². The molecule has 0 amide bonds. The quantitative estimate of drug-likeness (QED) is 0.432. The molecule has 0 saturated heterocycles. The summed E-state index contributed by atoms with van der Waals surface area (Å²) in [5, 5.41) is 9.32. The Hall–Kier alpha value is -2.31. The second-order valence-electron chi connectivity index (χ2n) is 4.33. The molecule has 0 heterocycles. The third-order valence-corrected chi connectivity index (χ3v) is 3.45. The molecule has 0 saturated carbocycles. The summed E-state index contributed by atoms with van der Waals surface area (Å²) in [6.07, 6.45) is 3.56. The Morgan fingerprint density at radius 2 is 2.00 bits per heavy atom. The Labute approximate surface area is 133 Å². The smallest absolute Gasteiger partial charge is 0.133 e. The van der Waals surface area contributed by atoms with Gasteiger partial charge >= 0.3 is 0 Å². The molecule has 104 valence electrons. The summed E-state index contributed by atoms with van der Waals surface area (Å²) in [6, 6.07) is 17.6. The van der Waals surface area contributed by atoms with Gasteiger partial charge in [0.05, 0.1) is 16.1 Å². The van der Waals surface area contributed by atoms with Gasteiger partial charge in [-0.2, -0.15) is 5.26 Å². The normalized spacial score (nSPS) is 10.8. The van der Waals surface area contributed by atoms with E-state index >= 15 is 0 Å². The Bertz CT molecular complexity index is 699. The van der Waals surface area contributed by atoms with Crippen LogP contribution in [0.15, 0.2) is 65.7 Å². The van der Waals surface area contributed by atoms with Crippen molar-refractivity contribution in [1.82, 2.24) is 0 Å². The third-order valence-electron chi connectivity index (χ3n) is 2.83. The van der Waals surface area contributed by atoms with Gasteiger partial charge in [0.25, 0.3) is 0 Å². The first-order valence-corrected chi connectivity index (χ1v) is 7.24. The number of ether oxygens (including phenoxy) is 1. The van der Waals surface area contributed by atoms with Crippen LogP contribution < -0.4 is 4.74 Å². The van der Waals surface area contributed by atoms with Gasteiger partial charge in [-0.05, 0) is 45.3 Å². The predicted molar refractivity (Wildman–Crippen MR) is 89.8 cm³/mol. The first-order valence-electron chi connectivity index (χ1n) is 6.45. The SMILES string of the molecule is C=CCOc1ccc(C=C(C#N)c2ccccc2)cc1Br. The fourth-order valence-corrected chi connectivity index (χ4v) is 2.35. The zero-order chi connectivity index (χ0) is 15.1. The number of nitrogens with zero attached hydrogens (tertiary/aromatic N) is 1. The summed E-state index contributed by atoms with van der Waals surface area (Å²) in [7, 11) is 0. The van der Waals surface area contributed by atoms with E-state index in [1.165, 1.54) is 0 Å². The van der Waals surface area contributed by atoms with E-state index in [4.69, 9.17) is 4.74 Å². The maximum absolute atomic E-state index is 9.32. The number of hydrogen-bond acceptors (Lipinski definition) is 2. The Morgan fingerprint density at radius 1 is 1.24 bits per heavy atom. The molecule has 0 aromatic heterocycles. The molecule has 2 nitrogen and oxygen atoms in total. The van der Waals surface area contributed by atoms with Crippen LogP contribution in [-0.2, 0) is 0 Å². The highest BCUT2D eigenvalue weighted by atomic mass is 79.9. The van der Waals surface area contributed by atoms with E-state index in [-0.39, 0.29) is 0 Å². The molecule has 0 aliphatic carbocycles. The van der Waals surface area contributed by atoms with Crippen LogP contribution in [0.3, 0.4) is 0 Å². The van der Waals surface area contributed by atoms with Crippen molar-refractivity contribution in [3.8, 4) is 11.8 Å². The van der Waals surface area contributed by atoms with Gasteiger partial charge in [0, 0.05) is 0 Å². The molecule has 0 fully saturated rings. The molecular weight excluding hydrogens is 326 g/mol. The van der Waals surface area contributed by atoms with Crippen molar-refractivity contribution in [3.63, 3.8) is 0 Å². The van der Waals surface area contributed by atoms with Gasteiger partial charge in [-0.15, -0.1) is 0 Å². The zero-order valence-corrected chi connectivity index (χ0v) is 13.0. The maximum atomic E-state index is 9.32. The van der Waals surface area contributed by atoms with Crippen molar-refractivity contribution in [3.05, 3.63) is 76.8 Å². The lowest BCUT2D eigenvalue weighted by atomic mass is 10.0. The number of benzene rings is 2. The molecule has 0 aliphatic heterocycles. The van der Waals surface area contributed by atoms with Crippen molar-refractivity contribution in [2.24, 2.45) is 0 Å². The van der Waals surface area contributed by atoms with Gasteiger partial charge in [-0.1, -0.05) is 49.1 Å². The lowest BCUT2D eigenvalue weighted by molar-refractivity contribution is 0.361. The van der Waals surface area contributed by atoms with E-state index in [1.807, 2.05) is 54.6 Å². The van der Waals surface area contributed by atoms with Crippen LogP contribution in [0.25, 0.3) is 11.6 Å². The minimum atomic E-state index is 0.460. The fraction of sp³-hybridized carbons (Fsp3) is 0.0556. The van der Waals surface area contributed by atoms with Crippen LogP contribution in [0, 0.1) is 11.3 Å². The maximum Gasteiger partial charge on any atom is 0.133 e. The fourth-order valence-electron chi connectivity index (χ4n) is 1.84. The molecule has 21 heavy (non-hydrogen) atoms. The van der Waals surface area contributed by atoms with Gasteiger partial charge in [-0.25, -0.2) is 0 Å². The predicted octanol–water partition coefficient (Wildman–Crippen LogP) is 5.08. The molecule has 2 aromatic rings. The molecule has 0 aliphatic rings. The number of nitriles is 1. The second-order valence-corrected chi connectivity index (χ2v) is 5.18. The van der Waals surface area contributed by atoms with Crippen LogP contribution in [0.4, 0.5) is 0 Å². The topological polar surface area (TPSA) is 33.0 Å².